The topological polar surface area (TPSA) is 106 Å². The molecular weight excluding hydrogens is 466 g/mol. The Labute approximate surface area is 200 Å². The number of rotatable bonds is 5. The summed E-state index contributed by atoms with van der Waals surface area (Å²) in [6, 6.07) is 10.8. The number of nitrogens with zero attached hydrogens (tertiary/aromatic N) is 1. The SMILES string of the molecule is N=C(OC(=N)C(F)F)c1ccc2c(c1)C(=O)N(C1CCCC[C@H]1NC(=O)c1ccc(Cl)cc1)C2. The lowest BCUT2D eigenvalue weighted by Crippen LogP contribution is -2.53. The maximum atomic E-state index is 13.3. The van der Waals surface area contributed by atoms with Gasteiger partial charge in [-0.15, -0.1) is 0 Å². The fraction of sp³-hybridized carbons (Fsp3) is 0.333. The standard InChI is InChI=1S/C24H23ClF2N4O3/c25-16-9-7-13(8-10-16)23(32)30-18-3-1-2-4-19(18)31-12-15-6-5-14(11-17(15)24(31)33)21(28)34-22(29)20(26)27/h5-11,18-20,28-29H,1-4,12H2,(H,30,32)/t18-,19?/m1/s1. The molecule has 0 radical (unpaired) electrons. The molecule has 1 heterocycles. The largest absolute Gasteiger partial charge is 0.419 e. The minimum absolute atomic E-state index is 0.135. The van der Waals surface area contributed by atoms with Crippen LogP contribution in [0.2, 0.25) is 5.02 Å². The van der Waals surface area contributed by atoms with Gasteiger partial charge in [0.2, 0.25) is 5.90 Å². The molecule has 2 aliphatic rings. The maximum Gasteiger partial charge on any atom is 0.312 e. The van der Waals surface area contributed by atoms with Crippen LogP contribution in [0, 0.1) is 10.8 Å². The molecule has 0 aromatic heterocycles. The number of alkyl halides is 2. The van der Waals surface area contributed by atoms with E-state index in [1.165, 1.54) is 12.1 Å². The normalized spacial score (nSPS) is 19.6. The Kier molecular flexibility index (Phi) is 6.92. The number of hydrogen-bond acceptors (Lipinski definition) is 5. The number of halogens is 3. The summed E-state index contributed by atoms with van der Waals surface area (Å²) in [7, 11) is 0. The van der Waals surface area contributed by atoms with Crippen molar-refractivity contribution in [3.05, 3.63) is 69.7 Å². The maximum absolute atomic E-state index is 13.3. The molecule has 3 N–H and O–H groups in total. The van der Waals surface area contributed by atoms with Crippen molar-refractivity contribution in [2.45, 2.75) is 50.7 Å². The first-order valence-electron chi connectivity index (χ1n) is 10.9. The molecule has 0 bridgehead atoms. The lowest BCUT2D eigenvalue weighted by atomic mass is 9.89. The second-order valence-electron chi connectivity index (χ2n) is 8.34. The van der Waals surface area contributed by atoms with E-state index in [9.17, 15) is 18.4 Å². The van der Waals surface area contributed by atoms with Crippen LogP contribution in [0.5, 0.6) is 0 Å². The van der Waals surface area contributed by atoms with Crippen molar-refractivity contribution in [3.8, 4) is 0 Å². The quantitative estimate of drug-likeness (QED) is 0.422. The van der Waals surface area contributed by atoms with E-state index in [0.717, 1.165) is 31.2 Å². The number of hydrogen-bond donors (Lipinski definition) is 3. The van der Waals surface area contributed by atoms with E-state index in [4.69, 9.17) is 22.4 Å². The van der Waals surface area contributed by atoms with Crippen molar-refractivity contribution in [2.75, 3.05) is 0 Å². The molecule has 4 rings (SSSR count). The van der Waals surface area contributed by atoms with Crippen LogP contribution in [-0.4, -0.2) is 47.0 Å². The Morgan fingerprint density at radius 1 is 1.09 bits per heavy atom. The molecule has 2 atom stereocenters. The first-order valence-corrected chi connectivity index (χ1v) is 11.3. The summed E-state index contributed by atoms with van der Waals surface area (Å²) in [6.45, 7) is 0.355. The van der Waals surface area contributed by atoms with E-state index in [1.54, 1.807) is 35.2 Å². The first kappa shape index (κ1) is 23.8. The van der Waals surface area contributed by atoms with E-state index < -0.39 is 18.2 Å². The molecule has 1 aliphatic heterocycles. The van der Waals surface area contributed by atoms with Gasteiger partial charge >= 0.3 is 6.43 Å². The number of amides is 2. The minimum atomic E-state index is -3.13. The van der Waals surface area contributed by atoms with Crippen LogP contribution in [0.25, 0.3) is 0 Å². The Morgan fingerprint density at radius 2 is 1.76 bits per heavy atom. The van der Waals surface area contributed by atoms with Crippen molar-refractivity contribution in [1.29, 1.82) is 10.8 Å². The highest BCUT2D eigenvalue weighted by Gasteiger charge is 2.38. The average Bonchev–Trinajstić information content (AvgIpc) is 3.15. The predicted molar refractivity (Wildman–Crippen MR) is 123 cm³/mol. The molecule has 1 unspecified atom stereocenters. The Bertz CT molecular complexity index is 1140. The zero-order valence-electron chi connectivity index (χ0n) is 18.1. The number of carbonyl (C=O) groups excluding carboxylic acids is 2. The van der Waals surface area contributed by atoms with Crippen LogP contribution in [0.1, 0.15) is 57.5 Å². The summed E-state index contributed by atoms with van der Waals surface area (Å²) in [5, 5.41) is 18.6. The van der Waals surface area contributed by atoms with Crippen LogP contribution in [0.4, 0.5) is 8.78 Å². The average molecular weight is 489 g/mol. The zero-order valence-corrected chi connectivity index (χ0v) is 18.9. The zero-order chi connectivity index (χ0) is 24.4. The molecule has 0 spiro atoms. The van der Waals surface area contributed by atoms with Crippen LogP contribution < -0.4 is 5.32 Å². The first-order chi connectivity index (χ1) is 16.2. The van der Waals surface area contributed by atoms with Gasteiger partial charge in [0.1, 0.15) is 0 Å². The number of benzene rings is 2. The van der Waals surface area contributed by atoms with Crippen molar-refractivity contribution in [1.82, 2.24) is 10.2 Å². The lowest BCUT2D eigenvalue weighted by Gasteiger charge is -2.38. The van der Waals surface area contributed by atoms with E-state index in [-0.39, 0.29) is 29.5 Å². The molecule has 178 valence electrons. The monoisotopic (exact) mass is 488 g/mol. The molecule has 2 aromatic rings. The third-order valence-electron chi connectivity index (χ3n) is 6.17. The fourth-order valence-electron chi connectivity index (χ4n) is 4.45. The van der Waals surface area contributed by atoms with E-state index in [0.29, 0.717) is 22.7 Å². The second kappa shape index (κ2) is 9.89. The summed E-state index contributed by atoms with van der Waals surface area (Å²) in [5.41, 5.74) is 1.74. The molecule has 10 heteroatoms. The molecule has 1 aliphatic carbocycles. The second-order valence-corrected chi connectivity index (χ2v) is 8.78. The van der Waals surface area contributed by atoms with Crippen molar-refractivity contribution in [3.63, 3.8) is 0 Å². The van der Waals surface area contributed by atoms with Gasteiger partial charge in [-0.05, 0) is 54.8 Å². The molecular formula is C24H23ClF2N4O3. The summed E-state index contributed by atoms with van der Waals surface area (Å²) < 4.78 is 29.7. The van der Waals surface area contributed by atoms with Gasteiger partial charge < -0.3 is 15.0 Å². The number of carbonyl (C=O) groups is 2. The molecule has 2 aromatic carbocycles. The van der Waals surface area contributed by atoms with Crippen LogP contribution in [-0.2, 0) is 11.3 Å². The van der Waals surface area contributed by atoms with Gasteiger partial charge in [-0.2, -0.15) is 8.78 Å². The van der Waals surface area contributed by atoms with Gasteiger partial charge in [0, 0.05) is 34.3 Å². The van der Waals surface area contributed by atoms with Gasteiger partial charge in [0.15, 0.2) is 0 Å². The summed E-state index contributed by atoms with van der Waals surface area (Å²) in [6.07, 6.45) is 0.216. The fourth-order valence-corrected chi connectivity index (χ4v) is 4.58. The highest BCUT2D eigenvalue weighted by atomic mass is 35.5. The molecule has 34 heavy (non-hydrogen) atoms. The van der Waals surface area contributed by atoms with Gasteiger partial charge in [0.25, 0.3) is 17.7 Å². The van der Waals surface area contributed by atoms with Gasteiger partial charge in [0.05, 0.1) is 6.04 Å². The van der Waals surface area contributed by atoms with Crippen LogP contribution >= 0.6 is 11.6 Å². The van der Waals surface area contributed by atoms with Crippen molar-refractivity contribution >= 4 is 35.2 Å². The summed E-state index contributed by atoms with van der Waals surface area (Å²) in [5.74, 6) is -2.41. The predicted octanol–water partition coefficient (Wildman–Crippen LogP) is 4.62. The van der Waals surface area contributed by atoms with Gasteiger partial charge in [-0.1, -0.05) is 30.5 Å². The summed E-state index contributed by atoms with van der Waals surface area (Å²) in [4.78, 5) is 27.8. The molecule has 7 nitrogen and oxygen atoms in total. The number of ether oxygens (including phenoxy) is 1. The molecule has 1 fully saturated rings. The highest BCUT2D eigenvalue weighted by molar-refractivity contribution is 6.30. The minimum Gasteiger partial charge on any atom is -0.419 e. The van der Waals surface area contributed by atoms with E-state index in [1.807, 2.05) is 0 Å². The molecule has 2 amide bonds. The molecule has 0 saturated heterocycles. The number of fused-ring (bicyclic) bond motifs is 1. The lowest BCUT2D eigenvalue weighted by molar-refractivity contribution is 0.0582. The Morgan fingerprint density at radius 3 is 2.47 bits per heavy atom. The molecule has 1 saturated carbocycles. The van der Waals surface area contributed by atoms with Crippen molar-refractivity contribution in [2.24, 2.45) is 0 Å². The van der Waals surface area contributed by atoms with Crippen molar-refractivity contribution < 1.29 is 23.1 Å². The van der Waals surface area contributed by atoms with Gasteiger partial charge in [-0.25, -0.2) is 0 Å². The van der Waals surface area contributed by atoms with Gasteiger partial charge in [-0.3, -0.25) is 20.4 Å². The van der Waals surface area contributed by atoms with E-state index in [2.05, 4.69) is 10.1 Å². The highest BCUT2D eigenvalue weighted by Crippen LogP contribution is 2.32. The number of nitrogens with one attached hydrogen (secondary N) is 3. The third-order valence-corrected chi connectivity index (χ3v) is 6.42. The summed E-state index contributed by atoms with van der Waals surface area (Å²) >= 11 is 5.91. The Hall–Kier alpha value is -3.33. The Balaban J connectivity index is 1.49. The smallest absolute Gasteiger partial charge is 0.312 e. The van der Waals surface area contributed by atoms with Crippen LogP contribution in [0.3, 0.4) is 0 Å². The van der Waals surface area contributed by atoms with E-state index >= 15 is 0 Å². The van der Waals surface area contributed by atoms with Crippen LogP contribution in [0.15, 0.2) is 42.5 Å². The third kappa shape index (κ3) is 4.94.